The van der Waals surface area contributed by atoms with Gasteiger partial charge in [0.25, 0.3) is 0 Å². The monoisotopic (exact) mass is 218 g/mol. The second kappa shape index (κ2) is 5.79. The highest BCUT2D eigenvalue weighted by Gasteiger charge is 2.32. The van der Waals surface area contributed by atoms with E-state index in [4.69, 9.17) is 0 Å². The molecular weight excluding hydrogens is 208 g/mol. The smallest absolute Gasteiger partial charge is 0.399 e. The minimum absolute atomic E-state index is 0.0536. The summed E-state index contributed by atoms with van der Waals surface area (Å²) in [5.41, 5.74) is 0. The number of hydrogen-bond donors (Lipinski definition) is 0. The van der Waals surface area contributed by atoms with Crippen molar-refractivity contribution in [2.75, 3.05) is 13.2 Å². The van der Waals surface area contributed by atoms with Crippen molar-refractivity contribution in [3.8, 4) is 0 Å². The van der Waals surface area contributed by atoms with Crippen LogP contribution in [-0.4, -0.2) is 31.7 Å². The topological polar surface area (TPSA) is 35.5 Å². The van der Waals surface area contributed by atoms with Crippen LogP contribution in [0.2, 0.25) is 0 Å². The molecule has 0 aromatic carbocycles. The molecule has 0 heterocycles. The Kier molecular flexibility index (Phi) is 5.44. The van der Waals surface area contributed by atoms with E-state index in [0.29, 0.717) is 0 Å². The lowest BCUT2D eigenvalue weighted by Crippen LogP contribution is -2.22. The molecule has 0 aliphatic rings. The Morgan fingerprint density at radius 2 is 2.00 bits per heavy atom. The molecule has 0 spiro atoms. The van der Waals surface area contributed by atoms with E-state index >= 15 is 0 Å². The van der Waals surface area contributed by atoms with Crippen molar-refractivity contribution in [2.45, 2.75) is 25.9 Å². The van der Waals surface area contributed by atoms with Crippen molar-refractivity contribution in [1.29, 1.82) is 0 Å². The molecule has 84 valence electrons. The van der Waals surface area contributed by atoms with Crippen LogP contribution >= 0.6 is 0 Å². The Balaban J connectivity index is 3.64. The molecule has 0 aromatic heterocycles. The minimum Gasteiger partial charge on any atom is -0.460 e. The van der Waals surface area contributed by atoms with Gasteiger partial charge in [0.15, 0.2) is 0 Å². The summed E-state index contributed by atoms with van der Waals surface area (Å²) < 4.78 is 55.3. The first kappa shape index (κ1) is 13.2. The second-order valence-electron chi connectivity index (χ2n) is 2.34. The molecule has 0 fully saturated rings. The van der Waals surface area contributed by atoms with Gasteiger partial charge in [-0.1, -0.05) is 0 Å². The van der Waals surface area contributed by atoms with Crippen LogP contribution in [0.3, 0.4) is 0 Å². The molecule has 1 atom stereocenters. The number of carbonyl (C=O) groups is 1. The third-order valence-electron chi connectivity index (χ3n) is 1.07. The molecule has 0 rings (SSSR count). The number of alkyl halides is 4. The first-order valence-electron chi connectivity index (χ1n) is 3.83. The van der Waals surface area contributed by atoms with Crippen molar-refractivity contribution in [1.82, 2.24) is 0 Å². The molecule has 14 heavy (non-hydrogen) atoms. The van der Waals surface area contributed by atoms with Gasteiger partial charge in [-0.25, -0.2) is 4.39 Å². The van der Waals surface area contributed by atoms with Crippen LogP contribution in [0.4, 0.5) is 17.6 Å². The fourth-order valence-corrected chi connectivity index (χ4v) is 0.602. The molecule has 0 radical (unpaired) electrons. The molecule has 0 bridgehead atoms. The van der Waals surface area contributed by atoms with Crippen LogP contribution in [0, 0.1) is 0 Å². The summed E-state index contributed by atoms with van der Waals surface area (Å²) in [7, 11) is 0. The van der Waals surface area contributed by atoms with E-state index in [1.165, 1.54) is 6.92 Å². The normalized spacial score (nSPS) is 13.8. The van der Waals surface area contributed by atoms with Crippen LogP contribution in [0.25, 0.3) is 0 Å². The van der Waals surface area contributed by atoms with E-state index in [1.807, 2.05) is 0 Å². The zero-order valence-electron chi connectivity index (χ0n) is 7.44. The second-order valence-corrected chi connectivity index (χ2v) is 2.34. The van der Waals surface area contributed by atoms with Gasteiger partial charge >= 0.3 is 12.1 Å². The molecule has 0 aliphatic carbocycles. The Morgan fingerprint density at radius 1 is 1.43 bits per heavy atom. The van der Waals surface area contributed by atoms with Gasteiger partial charge in [-0.05, 0) is 6.92 Å². The maximum absolute atomic E-state index is 12.4. The zero-order valence-corrected chi connectivity index (χ0v) is 7.44. The summed E-state index contributed by atoms with van der Waals surface area (Å²) in [6.45, 7) is 0.741. The van der Waals surface area contributed by atoms with Crippen LogP contribution in [0.15, 0.2) is 0 Å². The van der Waals surface area contributed by atoms with E-state index in [2.05, 4.69) is 9.47 Å². The first-order chi connectivity index (χ1) is 6.35. The number of halogens is 4. The molecule has 0 saturated carbocycles. The highest BCUT2D eigenvalue weighted by atomic mass is 19.4. The van der Waals surface area contributed by atoms with Crippen LogP contribution in [-0.2, 0) is 14.3 Å². The van der Waals surface area contributed by atoms with Gasteiger partial charge in [-0.15, -0.1) is 0 Å². The molecule has 0 aliphatic heterocycles. The van der Waals surface area contributed by atoms with E-state index in [9.17, 15) is 22.4 Å². The summed E-state index contributed by atoms with van der Waals surface area (Å²) >= 11 is 0. The highest BCUT2D eigenvalue weighted by molar-refractivity contribution is 5.70. The Morgan fingerprint density at radius 3 is 2.43 bits per heavy atom. The largest absolute Gasteiger partial charge is 0.460 e. The number of carbonyl (C=O) groups excluding carboxylic acids is 1. The molecule has 0 saturated heterocycles. The van der Waals surface area contributed by atoms with E-state index < -0.39 is 31.5 Å². The Hall–Kier alpha value is -0.850. The number of rotatable bonds is 5. The average molecular weight is 218 g/mol. The lowest BCUT2D eigenvalue weighted by atomic mass is 10.4. The van der Waals surface area contributed by atoms with Gasteiger partial charge < -0.3 is 9.47 Å². The molecule has 0 amide bonds. The maximum atomic E-state index is 12.4. The fourth-order valence-electron chi connectivity index (χ4n) is 0.602. The van der Waals surface area contributed by atoms with Gasteiger partial charge in [0.05, 0.1) is 0 Å². The number of ether oxygens (including phenoxy) is 2. The third-order valence-corrected chi connectivity index (χ3v) is 1.07. The summed E-state index contributed by atoms with van der Waals surface area (Å²) in [6, 6.07) is 0. The lowest BCUT2D eigenvalue weighted by Gasteiger charge is -2.10. The molecule has 0 aromatic rings. The van der Waals surface area contributed by atoms with Crippen molar-refractivity contribution < 1.29 is 31.8 Å². The minimum atomic E-state index is -4.63. The van der Waals surface area contributed by atoms with Gasteiger partial charge in [-0.2, -0.15) is 13.2 Å². The van der Waals surface area contributed by atoms with Crippen LogP contribution in [0.1, 0.15) is 13.3 Å². The molecule has 1 unspecified atom stereocenters. The zero-order chi connectivity index (χ0) is 11.2. The Labute approximate surface area is 78.0 Å². The summed E-state index contributed by atoms with van der Waals surface area (Å²) in [5.74, 6) is -1.51. The summed E-state index contributed by atoms with van der Waals surface area (Å²) in [4.78, 5) is 10.4. The summed E-state index contributed by atoms with van der Waals surface area (Å²) in [6.07, 6.45) is -8.22. The molecule has 7 heteroatoms. The first-order valence-corrected chi connectivity index (χ1v) is 3.83. The SMILES string of the molecule is CCOC(F)COC(=O)CC(F)(F)F. The van der Waals surface area contributed by atoms with Crippen LogP contribution < -0.4 is 0 Å². The molecule has 0 N–H and O–H groups in total. The van der Waals surface area contributed by atoms with Crippen molar-refractivity contribution >= 4 is 5.97 Å². The standard InChI is InChI=1S/C7H10F4O3/c1-2-13-5(8)4-14-6(12)3-7(9,10)11/h5H,2-4H2,1H3. The van der Waals surface area contributed by atoms with Gasteiger partial charge in [0, 0.05) is 6.61 Å². The molecule has 3 nitrogen and oxygen atoms in total. The van der Waals surface area contributed by atoms with E-state index in [1.54, 1.807) is 0 Å². The maximum Gasteiger partial charge on any atom is 0.399 e. The van der Waals surface area contributed by atoms with Crippen molar-refractivity contribution in [3.63, 3.8) is 0 Å². The van der Waals surface area contributed by atoms with Crippen molar-refractivity contribution in [2.24, 2.45) is 0 Å². The summed E-state index contributed by atoms with van der Waals surface area (Å²) in [5, 5.41) is 0. The highest BCUT2D eigenvalue weighted by Crippen LogP contribution is 2.19. The Bertz CT molecular complexity index is 180. The average Bonchev–Trinajstić information content (AvgIpc) is 1.98. The van der Waals surface area contributed by atoms with Gasteiger partial charge in [-0.3, -0.25) is 4.79 Å². The third kappa shape index (κ3) is 7.78. The van der Waals surface area contributed by atoms with E-state index in [0.717, 1.165) is 0 Å². The quantitative estimate of drug-likeness (QED) is 0.521. The fraction of sp³-hybridized carbons (Fsp3) is 0.857. The van der Waals surface area contributed by atoms with Crippen molar-refractivity contribution in [3.05, 3.63) is 0 Å². The predicted octanol–water partition coefficient (Wildman–Crippen LogP) is 1.81. The van der Waals surface area contributed by atoms with Gasteiger partial charge in [0.2, 0.25) is 6.36 Å². The number of esters is 1. The number of hydrogen-bond acceptors (Lipinski definition) is 3. The lowest BCUT2D eigenvalue weighted by molar-refractivity contribution is -0.177. The predicted molar refractivity (Wildman–Crippen MR) is 38.2 cm³/mol. The van der Waals surface area contributed by atoms with Crippen LogP contribution in [0.5, 0.6) is 0 Å². The van der Waals surface area contributed by atoms with E-state index in [-0.39, 0.29) is 6.61 Å². The molecular formula is C7H10F4O3. The van der Waals surface area contributed by atoms with Gasteiger partial charge in [0.1, 0.15) is 13.0 Å².